The Morgan fingerprint density at radius 1 is 0.562 bits per heavy atom. The minimum absolute atomic E-state index is 0.740. The summed E-state index contributed by atoms with van der Waals surface area (Å²) in [6.07, 6.45) is 8.37. The molecule has 0 saturated carbocycles. The van der Waals surface area contributed by atoms with Gasteiger partial charge in [0, 0.05) is 34.7 Å². The maximum absolute atomic E-state index is 5.17. The van der Waals surface area contributed by atoms with Crippen molar-refractivity contribution in [3.63, 3.8) is 0 Å². The van der Waals surface area contributed by atoms with Crippen molar-refractivity contribution in [2.24, 2.45) is 0 Å². The summed E-state index contributed by atoms with van der Waals surface area (Å²) in [5.41, 5.74) is 4.46. The monoisotopic (exact) mass is 414 g/mol. The van der Waals surface area contributed by atoms with Gasteiger partial charge in [0.1, 0.15) is 29.9 Å². The Balaban J connectivity index is 1.71. The number of fused-ring (bicyclic) bond motifs is 6. The van der Waals surface area contributed by atoms with E-state index in [9.17, 15) is 0 Å². The van der Waals surface area contributed by atoms with Crippen molar-refractivity contribution in [3.05, 3.63) is 85.8 Å². The van der Waals surface area contributed by atoms with E-state index in [4.69, 9.17) is 4.98 Å². The Hall–Kier alpha value is -4.72. The van der Waals surface area contributed by atoms with Gasteiger partial charge in [-0.25, -0.2) is 24.9 Å². The molecule has 0 unspecified atom stereocenters. The van der Waals surface area contributed by atoms with Gasteiger partial charge in [0.2, 0.25) is 0 Å². The molecule has 6 heterocycles. The van der Waals surface area contributed by atoms with Gasteiger partial charge in [0.25, 0.3) is 0 Å². The molecule has 8 nitrogen and oxygen atoms in total. The van der Waals surface area contributed by atoms with Gasteiger partial charge in [0.05, 0.1) is 16.6 Å². The summed E-state index contributed by atoms with van der Waals surface area (Å²) in [4.78, 5) is 27.0. The summed E-state index contributed by atoms with van der Waals surface area (Å²) in [7, 11) is 0. The number of hydrogen-bond acceptors (Lipinski definition) is 6. The number of hydrogen-bond donors (Lipinski definition) is 0. The summed E-state index contributed by atoms with van der Waals surface area (Å²) in [6, 6.07) is 18.2. The summed E-state index contributed by atoms with van der Waals surface area (Å²) in [5, 5.41) is 3.12. The van der Waals surface area contributed by atoms with Crippen LogP contribution in [0.25, 0.3) is 55.6 Å². The van der Waals surface area contributed by atoms with E-state index in [1.165, 1.54) is 0 Å². The van der Waals surface area contributed by atoms with Gasteiger partial charge in [-0.05, 0) is 36.4 Å². The number of pyridine rings is 2. The van der Waals surface area contributed by atoms with Crippen molar-refractivity contribution in [2.75, 3.05) is 0 Å². The van der Waals surface area contributed by atoms with E-state index in [1.54, 1.807) is 31.2 Å². The number of aromatic nitrogens is 8. The average Bonchev–Trinajstić information content (AvgIpc) is 3.36. The molecule has 0 amide bonds. The van der Waals surface area contributed by atoms with Crippen LogP contribution in [0.5, 0.6) is 0 Å². The van der Waals surface area contributed by atoms with E-state index in [0.29, 0.717) is 0 Å². The number of benzene rings is 1. The standard InChI is InChI=1S/C24H14N8/c1-2-5-18-15(4-1)16-12-17-22-19(6-3-9-27-22)32(21-8-11-26-14-29-21)24(17)30-23(16)31(18)20-7-10-25-13-28-20/h1-14H. The van der Waals surface area contributed by atoms with Crippen molar-refractivity contribution >= 4 is 44.0 Å². The van der Waals surface area contributed by atoms with Crippen LogP contribution in [0.4, 0.5) is 0 Å². The molecule has 0 atom stereocenters. The fourth-order valence-electron chi connectivity index (χ4n) is 4.41. The lowest BCUT2D eigenvalue weighted by molar-refractivity contribution is 1.01. The summed E-state index contributed by atoms with van der Waals surface area (Å²) >= 11 is 0. The number of para-hydroxylation sites is 1. The molecule has 8 heteroatoms. The van der Waals surface area contributed by atoms with Crippen molar-refractivity contribution in [3.8, 4) is 11.6 Å². The lowest BCUT2D eigenvalue weighted by Crippen LogP contribution is -2.01. The van der Waals surface area contributed by atoms with Crippen molar-refractivity contribution < 1.29 is 0 Å². The van der Waals surface area contributed by atoms with Gasteiger partial charge in [-0.2, -0.15) is 0 Å². The minimum atomic E-state index is 0.740. The molecule has 1 aromatic carbocycles. The third-order valence-electron chi connectivity index (χ3n) is 5.71. The molecule has 0 radical (unpaired) electrons. The van der Waals surface area contributed by atoms with Crippen LogP contribution in [0.2, 0.25) is 0 Å². The largest absolute Gasteiger partial charge is 0.278 e. The van der Waals surface area contributed by atoms with E-state index in [-0.39, 0.29) is 0 Å². The van der Waals surface area contributed by atoms with Crippen LogP contribution in [-0.2, 0) is 0 Å². The zero-order valence-electron chi connectivity index (χ0n) is 16.7. The van der Waals surface area contributed by atoms with Crippen LogP contribution in [0.3, 0.4) is 0 Å². The van der Waals surface area contributed by atoms with E-state index < -0.39 is 0 Å². The van der Waals surface area contributed by atoms with Crippen LogP contribution in [0.1, 0.15) is 0 Å². The molecular weight excluding hydrogens is 400 g/mol. The first-order valence-corrected chi connectivity index (χ1v) is 10.1. The molecule has 150 valence electrons. The van der Waals surface area contributed by atoms with Crippen LogP contribution >= 0.6 is 0 Å². The van der Waals surface area contributed by atoms with Crippen molar-refractivity contribution in [1.29, 1.82) is 0 Å². The molecule has 6 aromatic heterocycles. The maximum Gasteiger partial charge on any atom is 0.150 e. The minimum Gasteiger partial charge on any atom is -0.278 e. The first kappa shape index (κ1) is 17.0. The molecule has 7 rings (SSSR count). The quantitative estimate of drug-likeness (QED) is 0.420. The molecule has 0 N–H and O–H groups in total. The van der Waals surface area contributed by atoms with Crippen LogP contribution in [0.15, 0.2) is 85.8 Å². The Morgan fingerprint density at radius 2 is 1.25 bits per heavy atom. The van der Waals surface area contributed by atoms with Gasteiger partial charge in [-0.1, -0.05) is 18.2 Å². The van der Waals surface area contributed by atoms with Crippen LogP contribution < -0.4 is 0 Å². The van der Waals surface area contributed by atoms with Crippen LogP contribution in [0, 0.1) is 0 Å². The lowest BCUT2D eigenvalue weighted by atomic mass is 10.1. The summed E-state index contributed by atoms with van der Waals surface area (Å²) < 4.78 is 4.10. The van der Waals surface area contributed by atoms with Crippen LogP contribution in [-0.4, -0.2) is 39.0 Å². The van der Waals surface area contributed by atoms with Gasteiger partial charge in [-0.15, -0.1) is 0 Å². The van der Waals surface area contributed by atoms with Crippen molar-refractivity contribution in [1.82, 2.24) is 39.0 Å². The second-order valence-electron chi connectivity index (χ2n) is 7.42. The van der Waals surface area contributed by atoms with Gasteiger partial charge in [-0.3, -0.25) is 14.1 Å². The second kappa shape index (κ2) is 6.39. The number of nitrogens with zero attached hydrogens (tertiary/aromatic N) is 8. The maximum atomic E-state index is 5.17. The van der Waals surface area contributed by atoms with Crippen molar-refractivity contribution in [2.45, 2.75) is 0 Å². The molecule has 32 heavy (non-hydrogen) atoms. The fourth-order valence-corrected chi connectivity index (χ4v) is 4.41. The summed E-state index contributed by atoms with van der Waals surface area (Å²) in [5.74, 6) is 1.51. The first-order valence-electron chi connectivity index (χ1n) is 10.1. The average molecular weight is 414 g/mol. The lowest BCUT2D eigenvalue weighted by Gasteiger charge is -2.07. The third-order valence-corrected chi connectivity index (χ3v) is 5.71. The normalized spacial score (nSPS) is 11.8. The highest BCUT2D eigenvalue weighted by Crippen LogP contribution is 2.36. The zero-order valence-corrected chi connectivity index (χ0v) is 16.7. The Bertz CT molecular complexity index is 1640. The predicted octanol–water partition coefficient (Wildman–Crippen LogP) is 4.25. The Labute approximate surface area is 180 Å². The summed E-state index contributed by atoms with van der Waals surface area (Å²) in [6.45, 7) is 0. The topological polar surface area (TPSA) is 87.2 Å². The van der Waals surface area contributed by atoms with Gasteiger partial charge >= 0.3 is 0 Å². The number of rotatable bonds is 2. The van der Waals surface area contributed by atoms with E-state index >= 15 is 0 Å². The predicted molar refractivity (Wildman–Crippen MR) is 122 cm³/mol. The molecule has 0 aliphatic rings. The molecule has 0 aliphatic carbocycles. The molecule has 0 saturated heterocycles. The third kappa shape index (κ3) is 2.26. The Kier molecular flexibility index (Phi) is 3.40. The smallest absolute Gasteiger partial charge is 0.150 e. The molecular formula is C24H14N8. The SMILES string of the molecule is c1ccc2c(c1)c1cc3c4ncccc4n(-c4ccncn4)c3nc1n2-c1ccncn1. The molecule has 0 fully saturated rings. The van der Waals surface area contributed by atoms with E-state index in [0.717, 1.165) is 55.6 Å². The zero-order chi connectivity index (χ0) is 21.1. The van der Waals surface area contributed by atoms with Gasteiger partial charge < -0.3 is 0 Å². The first-order chi connectivity index (χ1) is 15.9. The second-order valence-corrected chi connectivity index (χ2v) is 7.42. The van der Waals surface area contributed by atoms with Gasteiger partial charge in [0.15, 0.2) is 5.65 Å². The van der Waals surface area contributed by atoms with E-state index in [1.807, 2.05) is 41.0 Å². The highest BCUT2D eigenvalue weighted by molar-refractivity contribution is 6.15. The fraction of sp³-hybridized carbons (Fsp3) is 0. The molecule has 0 bridgehead atoms. The highest BCUT2D eigenvalue weighted by Gasteiger charge is 2.20. The van der Waals surface area contributed by atoms with E-state index in [2.05, 4.69) is 47.7 Å². The molecule has 7 aromatic rings. The highest BCUT2D eigenvalue weighted by atomic mass is 15.2. The molecule has 0 spiro atoms. The Morgan fingerprint density at radius 3 is 2.00 bits per heavy atom. The molecule has 0 aliphatic heterocycles.